The average Bonchev–Trinajstić information content (AvgIpc) is 2.84. The van der Waals surface area contributed by atoms with Gasteiger partial charge in [-0.15, -0.1) is 0 Å². The van der Waals surface area contributed by atoms with Crippen LogP contribution in [-0.4, -0.2) is 9.78 Å². The maximum atomic E-state index is 13.8. The molecule has 2 aromatic carbocycles. The Balaban J connectivity index is 2.09. The summed E-state index contributed by atoms with van der Waals surface area (Å²) in [5, 5.41) is 4.82. The van der Waals surface area contributed by atoms with E-state index in [1.54, 1.807) is 30.5 Å². The Morgan fingerprint density at radius 2 is 1.76 bits per heavy atom. The van der Waals surface area contributed by atoms with Gasteiger partial charge in [-0.1, -0.05) is 11.6 Å². The zero-order valence-electron chi connectivity index (χ0n) is 10.7. The minimum Gasteiger partial charge on any atom is -0.396 e. The summed E-state index contributed by atoms with van der Waals surface area (Å²) >= 11 is 5.82. The van der Waals surface area contributed by atoms with Crippen LogP contribution >= 0.6 is 11.6 Å². The lowest BCUT2D eigenvalue weighted by molar-refractivity contribution is 0.602. The second-order valence-electron chi connectivity index (χ2n) is 4.48. The zero-order chi connectivity index (χ0) is 15.0. The van der Waals surface area contributed by atoms with Crippen LogP contribution in [0.15, 0.2) is 48.7 Å². The molecule has 0 saturated heterocycles. The van der Waals surface area contributed by atoms with E-state index in [1.165, 1.54) is 4.68 Å². The van der Waals surface area contributed by atoms with Gasteiger partial charge < -0.3 is 5.73 Å². The second kappa shape index (κ2) is 5.18. The van der Waals surface area contributed by atoms with Crippen molar-refractivity contribution < 1.29 is 8.78 Å². The summed E-state index contributed by atoms with van der Waals surface area (Å²) in [4.78, 5) is 0. The molecule has 21 heavy (non-hydrogen) atoms. The summed E-state index contributed by atoms with van der Waals surface area (Å²) in [5.74, 6) is -1.13. The SMILES string of the molecule is Nc1cn(-c2ccc(Cl)cc2)nc1-c1cc(F)ccc1F. The van der Waals surface area contributed by atoms with E-state index in [1.807, 2.05) is 0 Å². The van der Waals surface area contributed by atoms with Crippen molar-refractivity contribution in [3.05, 3.63) is 65.3 Å². The van der Waals surface area contributed by atoms with E-state index in [9.17, 15) is 8.78 Å². The van der Waals surface area contributed by atoms with Crippen molar-refractivity contribution >= 4 is 17.3 Å². The van der Waals surface area contributed by atoms with Gasteiger partial charge in [-0.05, 0) is 42.5 Å². The van der Waals surface area contributed by atoms with Crippen LogP contribution in [0.25, 0.3) is 16.9 Å². The van der Waals surface area contributed by atoms with Crippen molar-refractivity contribution in [2.45, 2.75) is 0 Å². The standard InChI is InChI=1S/C15H10ClF2N3/c16-9-1-4-11(5-2-9)21-8-14(19)15(20-21)12-7-10(17)3-6-13(12)18/h1-8H,19H2. The van der Waals surface area contributed by atoms with Gasteiger partial charge in [0.25, 0.3) is 0 Å². The first kappa shape index (κ1) is 13.6. The number of benzene rings is 2. The Kier molecular flexibility index (Phi) is 3.35. The average molecular weight is 306 g/mol. The van der Waals surface area contributed by atoms with Crippen LogP contribution in [-0.2, 0) is 0 Å². The largest absolute Gasteiger partial charge is 0.396 e. The van der Waals surface area contributed by atoms with Crippen LogP contribution in [0.5, 0.6) is 0 Å². The molecule has 0 unspecified atom stereocenters. The van der Waals surface area contributed by atoms with E-state index < -0.39 is 11.6 Å². The minimum absolute atomic E-state index is 0.0280. The Labute approximate surface area is 124 Å². The van der Waals surface area contributed by atoms with E-state index in [-0.39, 0.29) is 16.9 Å². The van der Waals surface area contributed by atoms with Crippen LogP contribution in [0.3, 0.4) is 0 Å². The number of halogens is 3. The van der Waals surface area contributed by atoms with Gasteiger partial charge in [0.1, 0.15) is 17.3 Å². The van der Waals surface area contributed by atoms with Gasteiger partial charge >= 0.3 is 0 Å². The van der Waals surface area contributed by atoms with Gasteiger partial charge in [-0.25, -0.2) is 13.5 Å². The highest BCUT2D eigenvalue weighted by Crippen LogP contribution is 2.28. The Bertz CT molecular complexity index is 797. The molecule has 0 aliphatic carbocycles. The van der Waals surface area contributed by atoms with Crippen LogP contribution in [0.1, 0.15) is 0 Å². The fourth-order valence-corrected chi connectivity index (χ4v) is 2.13. The first-order valence-corrected chi connectivity index (χ1v) is 6.49. The minimum atomic E-state index is -0.579. The first-order chi connectivity index (χ1) is 10.0. The molecular weight excluding hydrogens is 296 g/mol. The molecule has 6 heteroatoms. The molecule has 1 heterocycles. The third-order valence-electron chi connectivity index (χ3n) is 3.02. The lowest BCUT2D eigenvalue weighted by Crippen LogP contribution is -1.95. The van der Waals surface area contributed by atoms with Crippen molar-refractivity contribution in [1.82, 2.24) is 9.78 Å². The third kappa shape index (κ3) is 2.60. The third-order valence-corrected chi connectivity index (χ3v) is 3.27. The van der Waals surface area contributed by atoms with Crippen LogP contribution in [0.4, 0.5) is 14.5 Å². The normalized spacial score (nSPS) is 10.8. The first-order valence-electron chi connectivity index (χ1n) is 6.11. The Hall–Kier alpha value is -2.40. The van der Waals surface area contributed by atoms with Crippen molar-refractivity contribution in [3.8, 4) is 16.9 Å². The maximum absolute atomic E-state index is 13.8. The van der Waals surface area contributed by atoms with Crippen molar-refractivity contribution in [2.75, 3.05) is 5.73 Å². The number of nitrogens with zero attached hydrogens (tertiary/aromatic N) is 2. The summed E-state index contributed by atoms with van der Waals surface area (Å²) in [6, 6.07) is 10.1. The molecule has 0 atom stereocenters. The molecule has 0 saturated carbocycles. The summed E-state index contributed by atoms with van der Waals surface area (Å²) < 4.78 is 28.6. The molecule has 106 valence electrons. The van der Waals surface area contributed by atoms with E-state index in [4.69, 9.17) is 17.3 Å². The molecule has 0 amide bonds. The van der Waals surface area contributed by atoms with Crippen LogP contribution in [0.2, 0.25) is 5.02 Å². The van der Waals surface area contributed by atoms with Gasteiger partial charge in [0.05, 0.1) is 17.6 Å². The van der Waals surface area contributed by atoms with Crippen molar-refractivity contribution in [2.24, 2.45) is 0 Å². The predicted molar refractivity (Wildman–Crippen MR) is 78.3 cm³/mol. The number of hydrogen-bond acceptors (Lipinski definition) is 2. The molecule has 0 bridgehead atoms. The number of anilines is 1. The van der Waals surface area contributed by atoms with E-state index in [2.05, 4.69) is 5.10 Å². The Morgan fingerprint density at radius 1 is 1.05 bits per heavy atom. The molecular formula is C15H10ClF2N3. The molecule has 3 aromatic rings. The zero-order valence-corrected chi connectivity index (χ0v) is 11.5. The molecule has 2 N–H and O–H groups in total. The molecule has 0 aliphatic heterocycles. The van der Waals surface area contributed by atoms with Gasteiger partial charge in [0.15, 0.2) is 0 Å². The lowest BCUT2D eigenvalue weighted by atomic mass is 10.1. The Morgan fingerprint density at radius 3 is 2.48 bits per heavy atom. The second-order valence-corrected chi connectivity index (χ2v) is 4.91. The summed E-state index contributed by atoms with van der Waals surface area (Å²) in [5.41, 5.74) is 7.06. The molecule has 0 aliphatic rings. The van der Waals surface area contributed by atoms with Crippen LogP contribution < -0.4 is 5.73 Å². The van der Waals surface area contributed by atoms with Gasteiger partial charge in [0.2, 0.25) is 0 Å². The number of rotatable bonds is 2. The number of nitrogens with two attached hydrogens (primary N) is 1. The molecule has 1 aromatic heterocycles. The monoisotopic (exact) mass is 305 g/mol. The highest BCUT2D eigenvalue weighted by Gasteiger charge is 2.14. The quantitative estimate of drug-likeness (QED) is 0.776. The fourth-order valence-electron chi connectivity index (χ4n) is 2.00. The van der Waals surface area contributed by atoms with Crippen LogP contribution in [0, 0.1) is 11.6 Å². The van der Waals surface area contributed by atoms with Gasteiger partial charge in [0, 0.05) is 10.6 Å². The maximum Gasteiger partial charge on any atom is 0.132 e. The number of aromatic nitrogens is 2. The number of nitrogen functional groups attached to an aromatic ring is 1. The van der Waals surface area contributed by atoms with Gasteiger partial charge in [-0.3, -0.25) is 0 Å². The summed E-state index contributed by atoms with van der Waals surface area (Å²) in [7, 11) is 0. The molecule has 0 fully saturated rings. The van der Waals surface area contributed by atoms with E-state index in [0.29, 0.717) is 10.7 Å². The molecule has 0 spiro atoms. The van der Waals surface area contributed by atoms with E-state index in [0.717, 1.165) is 18.2 Å². The molecule has 3 nitrogen and oxygen atoms in total. The van der Waals surface area contributed by atoms with Crippen molar-refractivity contribution in [3.63, 3.8) is 0 Å². The fraction of sp³-hybridized carbons (Fsp3) is 0. The van der Waals surface area contributed by atoms with Gasteiger partial charge in [-0.2, -0.15) is 5.10 Å². The smallest absolute Gasteiger partial charge is 0.132 e. The predicted octanol–water partition coefficient (Wildman–Crippen LogP) is 4.05. The highest BCUT2D eigenvalue weighted by atomic mass is 35.5. The number of hydrogen-bond donors (Lipinski definition) is 1. The topological polar surface area (TPSA) is 43.8 Å². The van der Waals surface area contributed by atoms with Crippen molar-refractivity contribution in [1.29, 1.82) is 0 Å². The molecule has 0 radical (unpaired) electrons. The summed E-state index contributed by atoms with van der Waals surface area (Å²) in [6.45, 7) is 0. The summed E-state index contributed by atoms with van der Waals surface area (Å²) in [6.07, 6.45) is 1.54. The molecule has 3 rings (SSSR count). The lowest BCUT2D eigenvalue weighted by Gasteiger charge is -2.02. The highest BCUT2D eigenvalue weighted by molar-refractivity contribution is 6.30. The van der Waals surface area contributed by atoms with E-state index >= 15 is 0 Å².